The highest BCUT2D eigenvalue weighted by atomic mass is 19.1. The largest absolute Gasteiger partial charge is 0.310 e. The summed E-state index contributed by atoms with van der Waals surface area (Å²) in [7, 11) is 0. The van der Waals surface area contributed by atoms with Gasteiger partial charge in [-0.3, -0.25) is 0 Å². The zero-order chi connectivity index (χ0) is 14.1. The van der Waals surface area contributed by atoms with Crippen molar-refractivity contribution in [3.05, 3.63) is 58.9 Å². The van der Waals surface area contributed by atoms with Gasteiger partial charge in [-0.15, -0.1) is 0 Å². The number of halogens is 1. The first-order valence-corrected chi connectivity index (χ1v) is 7.23. The van der Waals surface area contributed by atoms with Crippen molar-refractivity contribution in [1.82, 2.24) is 5.32 Å². The number of rotatable bonds is 4. The van der Waals surface area contributed by atoms with E-state index in [1.807, 2.05) is 13.8 Å². The first-order valence-electron chi connectivity index (χ1n) is 7.23. The molecule has 1 aliphatic carbocycles. The van der Waals surface area contributed by atoms with Crippen molar-refractivity contribution in [2.75, 3.05) is 0 Å². The lowest BCUT2D eigenvalue weighted by molar-refractivity contribution is 0.625. The van der Waals surface area contributed by atoms with E-state index < -0.39 is 0 Å². The Labute approximate surface area is 119 Å². The van der Waals surface area contributed by atoms with Gasteiger partial charge < -0.3 is 5.32 Å². The predicted molar refractivity (Wildman–Crippen MR) is 81.2 cm³/mol. The van der Waals surface area contributed by atoms with Crippen molar-refractivity contribution >= 4 is 0 Å². The molecular formula is C18H20FN. The summed E-state index contributed by atoms with van der Waals surface area (Å²) in [6.45, 7) is 4.87. The summed E-state index contributed by atoms with van der Waals surface area (Å²) in [5, 5.41) is 3.51. The molecule has 0 unspecified atom stereocenters. The van der Waals surface area contributed by atoms with Gasteiger partial charge in [-0.1, -0.05) is 24.3 Å². The fraction of sp³-hybridized carbons (Fsp3) is 0.333. The highest BCUT2D eigenvalue weighted by Gasteiger charge is 2.19. The van der Waals surface area contributed by atoms with E-state index in [1.165, 1.54) is 18.4 Å². The van der Waals surface area contributed by atoms with E-state index in [9.17, 15) is 4.39 Å². The van der Waals surface area contributed by atoms with Crippen molar-refractivity contribution in [1.29, 1.82) is 0 Å². The monoisotopic (exact) mass is 269 g/mol. The van der Waals surface area contributed by atoms with Crippen molar-refractivity contribution in [2.45, 2.75) is 39.3 Å². The van der Waals surface area contributed by atoms with Gasteiger partial charge in [0.1, 0.15) is 5.82 Å². The van der Waals surface area contributed by atoms with Gasteiger partial charge in [-0.05, 0) is 66.6 Å². The Hall–Kier alpha value is -1.67. The molecule has 1 N–H and O–H groups in total. The lowest BCUT2D eigenvalue weighted by atomic mass is 9.95. The maximum atomic E-state index is 13.4. The maximum Gasteiger partial charge on any atom is 0.123 e. The minimum absolute atomic E-state index is 0.158. The third-order valence-corrected chi connectivity index (χ3v) is 3.91. The van der Waals surface area contributed by atoms with Crippen molar-refractivity contribution in [3.8, 4) is 11.1 Å². The van der Waals surface area contributed by atoms with Crippen molar-refractivity contribution < 1.29 is 4.39 Å². The van der Waals surface area contributed by atoms with E-state index in [1.54, 1.807) is 12.1 Å². The van der Waals surface area contributed by atoms with E-state index >= 15 is 0 Å². The normalized spacial score (nSPS) is 14.6. The Morgan fingerprint density at radius 2 is 1.65 bits per heavy atom. The molecule has 0 spiro atoms. The van der Waals surface area contributed by atoms with E-state index in [4.69, 9.17) is 0 Å². The number of benzene rings is 2. The van der Waals surface area contributed by atoms with Crippen LogP contribution in [0, 0.1) is 19.7 Å². The van der Waals surface area contributed by atoms with E-state index in [0.717, 1.165) is 34.8 Å². The van der Waals surface area contributed by atoms with Crippen LogP contribution in [0.5, 0.6) is 0 Å². The summed E-state index contributed by atoms with van der Waals surface area (Å²) < 4.78 is 13.4. The third-order valence-electron chi connectivity index (χ3n) is 3.91. The summed E-state index contributed by atoms with van der Waals surface area (Å²) in [5.41, 5.74) is 5.60. The zero-order valence-corrected chi connectivity index (χ0v) is 12.0. The molecule has 0 amide bonds. The molecule has 1 saturated carbocycles. The highest BCUT2D eigenvalue weighted by Crippen LogP contribution is 2.28. The molecule has 1 aliphatic rings. The smallest absolute Gasteiger partial charge is 0.123 e. The Bertz CT molecular complexity index is 589. The van der Waals surface area contributed by atoms with Gasteiger partial charge in [0, 0.05) is 12.6 Å². The SMILES string of the molecule is Cc1cc(F)cc(C)c1-c1ccc(CNC2CC2)cc1. The fourth-order valence-corrected chi connectivity index (χ4v) is 2.70. The van der Waals surface area contributed by atoms with E-state index in [2.05, 4.69) is 29.6 Å². The molecule has 2 heteroatoms. The second-order valence-electron chi connectivity index (χ2n) is 5.77. The van der Waals surface area contributed by atoms with Crippen LogP contribution in [0.4, 0.5) is 4.39 Å². The van der Waals surface area contributed by atoms with Gasteiger partial charge in [-0.2, -0.15) is 0 Å². The molecule has 104 valence electrons. The summed E-state index contributed by atoms with van der Waals surface area (Å²) >= 11 is 0. The Kier molecular flexibility index (Phi) is 3.58. The standard InChI is InChI=1S/C18H20FN/c1-12-9-16(19)10-13(2)18(12)15-5-3-14(4-6-15)11-20-17-7-8-17/h3-6,9-10,17,20H,7-8,11H2,1-2H3. The Morgan fingerprint density at radius 1 is 1.05 bits per heavy atom. The van der Waals surface area contributed by atoms with E-state index in [-0.39, 0.29) is 5.82 Å². The molecule has 0 radical (unpaired) electrons. The predicted octanol–water partition coefficient (Wildman–Crippen LogP) is 4.36. The van der Waals surface area contributed by atoms with Gasteiger partial charge in [0.15, 0.2) is 0 Å². The summed E-state index contributed by atoms with van der Waals surface area (Å²) in [5.74, 6) is -0.158. The van der Waals surface area contributed by atoms with Crippen LogP contribution in [-0.4, -0.2) is 6.04 Å². The lowest BCUT2D eigenvalue weighted by Gasteiger charge is -2.11. The lowest BCUT2D eigenvalue weighted by Crippen LogP contribution is -2.15. The van der Waals surface area contributed by atoms with Gasteiger partial charge in [-0.25, -0.2) is 4.39 Å². The second-order valence-corrected chi connectivity index (χ2v) is 5.77. The molecule has 0 bridgehead atoms. The molecule has 0 saturated heterocycles. The van der Waals surface area contributed by atoms with Gasteiger partial charge in [0.05, 0.1) is 0 Å². The first-order chi connectivity index (χ1) is 9.63. The maximum absolute atomic E-state index is 13.4. The van der Waals surface area contributed by atoms with Crippen LogP contribution in [0.3, 0.4) is 0 Å². The minimum Gasteiger partial charge on any atom is -0.310 e. The average Bonchev–Trinajstić information content (AvgIpc) is 3.20. The van der Waals surface area contributed by atoms with Gasteiger partial charge >= 0.3 is 0 Å². The summed E-state index contributed by atoms with van der Waals surface area (Å²) in [4.78, 5) is 0. The molecule has 0 aliphatic heterocycles. The first kappa shape index (κ1) is 13.3. The van der Waals surface area contributed by atoms with Crippen LogP contribution in [0.1, 0.15) is 29.5 Å². The number of nitrogens with one attached hydrogen (secondary N) is 1. The quantitative estimate of drug-likeness (QED) is 0.869. The summed E-state index contributed by atoms with van der Waals surface area (Å²) in [6, 6.07) is 12.5. The fourth-order valence-electron chi connectivity index (χ4n) is 2.70. The molecule has 20 heavy (non-hydrogen) atoms. The number of aryl methyl sites for hydroxylation is 2. The van der Waals surface area contributed by atoms with Crippen LogP contribution < -0.4 is 5.32 Å². The molecule has 0 aromatic heterocycles. The topological polar surface area (TPSA) is 12.0 Å². The van der Waals surface area contributed by atoms with Gasteiger partial charge in [0.25, 0.3) is 0 Å². The number of hydrogen-bond acceptors (Lipinski definition) is 1. The average molecular weight is 269 g/mol. The van der Waals surface area contributed by atoms with Crippen LogP contribution >= 0.6 is 0 Å². The van der Waals surface area contributed by atoms with Crippen LogP contribution in [0.25, 0.3) is 11.1 Å². The van der Waals surface area contributed by atoms with E-state index in [0.29, 0.717) is 0 Å². The minimum atomic E-state index is -0.158. The van der Waals surface area contributed by atoms with Crippen LogP contribution in [0.2, 0.25) is 0 Å². The van der Waals surface area contributed by atoms with Crippen molar-refractivity contribution in [2.24, 2.45) is 0 Å². The highest BCUT2D eigenvalue weighted by molar-refractivity contribution is 5.70. The Balaban J connectivity index is 1.83. The molecule has 0 atom stereocenters. The van der Waals surface area contributed by atoms with Gasteiger partial charge in [0.2, 0.25) is 0 Å². The molecular weight excluding hydrogens is 249 g/mol. The van der Waals surface area contributed by atoms with Crippen molar-refractivity contribution in [3.63, 3.8) is 0 Å². The molecule has 2 aromatic rings. The summed E-state index contributed by atoms with van der Waals surface area (Å²) in [6.07, 6.45) is 2.62. The molecule has 1 nitrogen and oxygen atoms in total. The number of hydrogen-bond donors (Lipinski definition) is 1. The Morgan fingerprint density at radius 3 is 2.20 bits per heavy atom. The van der Waals surface area contributed by atoms with Crippen LogP contribution in [0.15, 0.2) is 36.4 Å². The third kappa shape index (κ3) is 2.91. The molecule has 1 fully saturated rings. The molecule has 2 aromatic carbocycles. The molecule has 0 heterocycles. The van der Waals surface area contributed by atoms with Crippen LogP contribution in [-0.2, 0) is 6.54 Å². The zero-order valence-electron chi connectivity index (χ0n) is 12.0. The molecule has 3 rings (SSSR count). The second kappa shape index (κ2) is 5.37.